The second-order valence-electron chi connectivity index (χ2n) is 3.29. The molecule has 5 heteroatoms. The van der Waals surface area contributed by atoms with E-state index in [0.29, 0.717) is 6.54 Å². The molecule has 0 amide bonds. The molecular weight excluding hydrogens is 178 g/mol. The van der Waals surface area contributed by atoms with Gasteiger partial charge in [0.15, 0.2) is 0 Å². The molecule has 0 saturated heterocycles. The van der Waals surface area contributed by atoms with Gasteiger partial charge in [-0.3, -0.25) is 0 Å². The van der Waals surface area contributed by atoms with Gasteiger partial charge in [-0.1, -0.05) is 6.92 Å². The van der Waals surface area contributed by atoms with Crippen molar-refractivity contribution in [2.45, 2.75) is 26.8 Å². The lowest BCUT2D eigenvalue weighted by Crippen LogP contribution is -2.16. The summed E-state index contributed by atoms with van der Waals surface area (Å²) in [5.74, 6) is 0.898. The molecule has 0 unspecified atom stereocenters. The maximum atomic E-state index is 5.89. The van der Waals surface area contributed by atoms with Crippen LogP contribution >= 0.6 is 0 Å². The minimum atomic E-state index is 0.593. The van der Waals surface area contributed by atoms with Crippen LogP contribution in [0.4, 0.5) is 11.5 Å². The van der Waals surface area contributed by atoms with Crippen LogP contribution in [0.15, 0.2) is 0 Å². The molecule has 0 atom stereocenters. The first-order valence-corrected chi connectivity index (χ1v) is 4.97. The Kier molecular flexibility index (Phi) is 3.76. The van der Waals surface area contributed by atoms with Crippen molar-refractivity contribution < 1.29 is 0 Å². The van der Waals surface area contributed by atoms with Crippen molar-refractivity contribution in [2.75, 3.05) is 24.1 Å². The Labute approximate surface area is 84.5 Å². The molecule has 0 radical (unpaired) electrons. The molecule has 0 saturated carbocycles. The van der Waals surface area contributed by atoms with Crippen molar-refractivity contribution in [3.05, 3.63) is 5.69 Å². The van der Waals surface area contributed by atoms with Crippen LogP contribution in [0.5, 0.6) is 0 Å². The van der Waals surface area contributed by atoms with Gasteiger partial charge in [0.25, 0.3) is 0 Å². The molecule has 5 nitrogen and oxygen atoms in total. The van der Waals surface area contributed by atoms with Crippen molar-refractivity contribution in [3.8, 4) is 0 Å². The standard InChI is InChI=1S/C9H19N5/c1-3-6-14-9(12-5-4-10)8(11)7(2)13-14/h12H,3-6,10-11H2,1-2H3. The van der Waals surface area contributed by atoms with Crippen molar-refractivity contribution in [2.24, 2.45) is 5.73 Å². The van der Waals surface area contributed by atoms with E-state index in [-0.39, 0.29) is 0 Å². The monoisotopic (exact) mass is 197 g/mol. The van der Waals surface area contributed by atoms with Gasteiger partial charge in [0, 0.05) is 19.6 Å². The van der Waals surface area contributed by atoms with E-state index in [2.05, 4.69) is 17.3 Å². The summed E-state index contributed by atoms with van der Waals surface area (Å²) in [4.78, 5) is 0. The normalized spacial score (nSPS) is 10.5. The Morgan fingerprint density at radius 2 is 2.21 bits per heavy atom. The highest BCUT2D eigenvalue weighted by Gasteiger charge is 2.10. The lowest BCUT2D eigenvalue weighted by Gasteiger charge is -2.08. The predicted molar refractivity (Wildman–Crippen MR) is 59.2 cm³/mol. The number of nitrogens with two attached hydrogens (primary N) is 2. The Morgan fingerprint density at radius 1 is 1.50 bits per heavy atom. The summed E-state index contributed by atoms with van der Waals surface area (Å²) in [6.45, 7) is 6.22. The average Bonchev–Trinajstić information content (AvgIpc) is 2.42. The maximum Gasteiger partial charge on any atom is 0.148 e. The van der Waals surface area contributed by atoms with Gasteiger partial charge in [0.2, 0.25) is 0 Å². The van der Waals surface area contributed by atoms with E-state index in [4.69, 9.17) is 11.5 Å². The van der Waals surface area contributed by atoms with Crippen LogP contribution in [0.1, 0.15) is 19.0 Å². The van der Waals surface area contributed by atoms with Crippen molar-refractivity contribution in [3.63, 3.8) is 0 Å². The van der Waals surface area contributed by atoms with E-state index in [0.717, 1.165) is 36.7 Å². The lowest BCUT2D eigenvalue weighted by molar-refractivity contribution is 0.603. The number of aryl methyl sites for hydroxylation is 2. The third-order valence-electron chi connectivity index (χ3n) is 2.05. The van der Waals surface area contributed by atoms with Gasteiger partial charge in [0.1, 0.15) is 5.82 Å². The first-order valence-electron chi connectivity index (χ1n) is 4.97. The highest BCUT2D eigenvalue weighted by molar-refractivity contribution is 5.64. The van der Waals surface area contributed by atoms with Crippen LogP contribution in [0.2, 0.25) is 0 Å². The molecule has 80 valence electrons. The first-order chi connectivity index (χ1) is 6.70. The molecule has 1 rings (SSSR count). The summed E-state index contributed by atoms with van der Waals surface area (Å²) in [5.41, 5.74) is 12.9. The molecule has 0 aliphatic carbocycles. The van der Waals surface area contributed by atoms with Gasteiger partial charge in [-0.25, -0.2) is 4.68 Å². The average molecular weight is 197 g/mol. The molecule has 14 heavy (non-hydrogen) atoms. The molecule has 1 aromatic rings. The van der Waals surface area contributed by atoms with Gasteiger partial charge < -0.3 is 16.8 Å². The van der Waals surface area contributed by atoms with Gasteiger partial charge in [-0.05, 0) is 13.3 Å². The zero-order valence-electron chi connectivity index (χ0n) is 8.88. The lowest BCUT2D eigenvalue weighted by atomic mass is 10.4. The Balaban J connectivity index is 2.85. The summed E-state index contributed by atoms with van der Waals surface area (Å²) in [6, 6.07) is 0. The smallest absolute Gasteiger partial charge is 0.148 e. The fraction of sp³-hybridized carbons (Fsp3) is 0.667. The topological polar surface area (TPSA) is 81.9 Å². The zero-order chi connectivity index (χ0) is 10.6. The van der Waals surface area contributed by atoms with Crippen LogP contribution in [-0.4, -0.2) is 22.9 Å². The third-order valence-corrected chi connectivity index (χ3v) is 2.05. The Hall–Kier alpha value is -1.23. The summed E-state index contributed by atoms with van der Waals surface area (Å²) >= 11 is 0. The van der Waals surface area contributed by atoms with E-state index in [1.54, 1.807) is 0 Å². The van der Waals surface area contributed by atoms with E-state index >= 15 is 0 Å². The highest BCUT2D eigenvalue weighted by atomic mass is 15.3. The SMILES string of the molecule is CCCn1nc(C)c(N)c1NCCN. The predicted octanol–water partition coefficient (Wildman–Crippen LogP) is 0.554. The van der Waals surface area contributed by atoms with Gasteiger partial charge in [-0.15, -0.1) is 0 Å². The first kappa shape index (κ1) is 10.8. The molecule has 1 heterocycles. The number of nitrogen functional groups attached to an aromatic ring is 1. The third kappa shape index (κ3) is 2.17. The number of nitrogens with one attached hydrogen (secondary N) is 1. The molecule has 0 fully saturated rings. The largest absolute Gasteiger partial charge is 0.394 e. The second-order valence-corrected chi connectivity index (χ2v) is 3.29. The number of nitrogens with zero attached hydrogens (tertiary/aromatic N) is 2. The zero-order valence-corrected chi connectivity index (χ0v) is 8.88. The van der Waals surface area contributed by atoms with E-state index in [1.165, 1.54) is 0 Å². The van der Waals surface area contributed by atoms with Crippen LogP contribution in [0.25, 0.3) is 0 Å². The van der Waals surface area contributed by atoms with Crippen LogP contribution < -0.4 is 16.8 Å². The molecular formula is C9H19N5. The van der Waals surface area contributed by atoms with Crippen LogP contribution in [-0.2, 0) is 6.54 Å². The van der Waals surface area contributed by atoms with Crippen LogP contribution in [0, 0.1) is 6.92 Å². The highest BCUT2D eigenvalue weighted by Crippen LogP contribution is 2.21. The number of rotatable bonds is 5. The Bertz CT molecular complexity index is 292. The van der Waals surface area contributed by atoms with Crippen molar-refractivity contribution in [1.82, 2.24) is 9.78 Å². The fourth-order valence-corrected chi connectivity index (χ4v) is 1.35. The molecule has 0 aliphatic heterocycles. The molecule has 0 spiro atoms. The van der Waals surface area contributed by atoms with Crippen LogP contribution in [0.3, 0.4) is 0 Å². The summed E-state index contributed by atoms with van der Waals surface area (Å²) in [6.07, 6.45) is 1.04. The minimum Gasteiger partial charge on any atom is -0.394 e. The van der Waals surface area contributed by atoms with Crippen molar-refractivity contribution in [1.29, 1.82) is 0 Å². The molecule has 5 N–H and O–H groups in total. The van der Waals surface area contributed by atoms with E-state index in [1.807, 2.05) is 11.6 Å². The Morgan fingerprint density at radius 3 is 2.79 bits per heavy atom. The number of hydrogen-bond acceptors (Lipinski definition) is 4. The number of aromatic nitrogens is 2. The molecule has 1 aromatic heterocycles. The summed E-state index contributed by atoms with van der Waals surface area (Å²) in [7, 11) is 0. The molecule has 0 aliphatic rings. The second kappa shape index (κ2) is 4.85. The molecule has 0 bridgehead atoms. The number of anilines is 2. The van der Waals surface area contributed by atoms with Crippen molar-refractivity contribution >= 4 is 11.5 Å². The van der Waals surface area contributed by atoms with E-state index < -0.39 is 0 Å². The maximum absolute atomic E-state index is 5.89. The minimum absolute atomic E-state index is 0.593. The van der Waals surface area contributed by atoms with E-state index in [9.17, 15) is 0 Å². The van der Waals surface area contributed by atoms with Gasteiger partial charge in [-0.2, -0.15) is 5.10 Å². The summed E-state index contributed by atoms with van der Waals surface area (Å²) in [5, 5.41) is 7.53. The van der Waals surface area contributed by atoms with Gasteiger partial charge >= 0.3 is 0 Å². The quantitative estimate of drug-likeness (QED) is 0.644. The number of hydrogen-bond donors (Lipinski definition) is 3. The molecule has 0 aromatic carbocycles. The summed E-state index contributed by atoms with van der Waals surface area (Å²) < 4.78 is 1.90. The fourth-order valence-electron chi connectivity index (χ4n) is 1.35. The van der Waals surface area contributed by atoms with Gasteiger partial charge in [0.05, 0.1) is 11.4 Å².